The zero-order valence-corrected chi connectivity index (χ0v) is 46.8. The van der Waals surface area contributed by atoms with Crippen molar-refractivity contribution in [3.63, 3.8) is 0 Å². The number of nitrogens with one attached hydrogen (secondary N) is 1. The van der Waals surface area contributed by atoms with E-state index in [1.165, 1.54) is 16.7 Å². The summed E-state index contributed by atoms with van der Waals surface area (Å²) in [6.07, 6.45) is 11.0. The van der Waals surface area contributed by atoms with Crippen molar-refractivity contribution in [2.24, 2.45) is 11.8 Å². The van der Waals surface area contributed by atoms with Gasteiger partial charge in [-0.1, -0.05) is 67.8 Å². The number of aryl methyl sites for hydroxylation is 2. The van der Waals surface area contributed by atoms with Crippen LogP contribution in [0.15, 0.2) is 135 Å². The molecule has 10 rings (SSSR count). The molecule has 0 radical (unpaired) electrons. The molecule has 0 bridgehead atoms. The molecule has 15 nitrogen and oxygen atoms in total. The molecule has 432 valence electrons. The van der Waals surface area contributed by atoms with Gasteiger partial charge in [-0.2, -0.15) is 0 Å². The van der Waals surface area contributed by atoms with Gasteiger partial charge in [-0.25, -0.2) is 19.2 Å². The Bertz CT molecular complexity index is 3160. The molecule has 4 aliphatic rings. The molecule has 2 fully saturated rings. The third-order valence-electron chi connectivity index (χ3n) is 16.8. The lowest BCUT2D eigenvalue weighted by atomic mass is 9.73. The highest BCUT2D eigenvalue weighted by Gasteiger charge is 2.48. The SMILES string of the molecule is C=CC(=O)OCCCCOc1ccc2c(OC(=O)OC3CCC(C(=O)Cc4cccc5c4C4(CC5)CCc5cccc(NC(=O)C6CCC(OC(=O)Oc7cccc8cc(OCCCCOC(=O)C=C)ccc78)CC6)c54)CC3)cccc2c1. The Morgan fingerprint density at radius 1 is 0.530 bits per heavy atom. The topological polar surface area (TPSA) is 188 Å². The van der Waals surface area contributed by atoms with Gasteiger partial charge >= 0.3 is 24.2 Å². The molecule has 0 saturated heterocycles. The highest BCUT2D eigenvalue weighted by molar-refractivity contribution is 5.95. The van der Waals surface area contributed by atoms with E-state index in [9.17, 15) is 28.8 Å². The van der Waals surface area contributed by atoms with Crippen molar-refractivity contribution in [1.29, 1.82) is 0 Å². The van der Waals surface area contributed by atoms with Crippen LogP contribution in [0, 0.1) is 11.8 Å². The van der Waals surface area contributed by atoms with E-state index in [2.05, 4.69) is 42.7 Å². The number of hydrogen-bond acceptors (Lipinski definition) is 14. The van der Waals surface area contributed by atoms with Gasteiger partial charge in [0.2, 0.25) is 5.91 Å². The van der Waals surface area contributed by atoms with Crippen LogP contribution in [0.5, 0.6) is 23.0 Å². The molecule has 1 amide bonds. The zero-order valence-electron chi connectivity index (χ0n) is 46.8. The Morgan fingerprint density at radius 2 is 1.01 bits per heavy atom. The van der Waals surface area contributed by atoms with Crippen molar-refractivity contribution in [1.82, 2.24) is 0 Å². The first-order valence-electron chi connectivity index (χ1n) is 29.2. The fourth-order valence-electron chi connectivity index (χ4n) is 12.6. The number of hydrogen-bond donors (Lipinski definition) is 1. The number of esters is 2. The molecule has 0 heterocycles. The second-order valence-electron chi connectivity index (χ2n) is 22.0. The maximum absolute atomic E-state index is 14.3. The van der Waals surface area contributed by atoms with E-state index in [0.717, 1.165) is 76.2 Å². The summed E-state index contributed by atoms with van der Waals surface area (Å²) < 4.78 is 44.9. The van der Waals surface area contributed by atoms with Crippen LogP contribution in [0.4, 0.5) is 15.3 Å². The first kappa shape index (κ1) is 57.8. The van der Waals surface area contributed by atoms with Crippen molar-refractivity contribution >= 4 is 63.2 Å². The number of rotatable bonds is 23. The Hall–Kier alpha value is -8.46. The minimum absolute atomic E-state index is 0.0472. The summed E-state index contributed by atoms with van der Waals surface area (Å²) in [6, 6.07) is 34.5. The standard InChI is InChI=1S/C68H71NO14/c1-3-61(71)78-39-7-5-37-76-53-29-31-55-48(41-53)15-11-19-59(55)82-66(74)80-51-25-21-44(22-26-51)58(70)43-50-17-9-13-45-33-35-68(63(45)50)36-34-46-14-10-18-57(64(46)68)69-65(73)47-23-27-52(28-24-47)81-67(75)83-60-20-12-16-49-42-54(30-32-56(49)60)77-38-6-8-40-79-62(72)4-2/h3-4,9-20,29-32,41-42,44,47,51-52H,1-2,5-8,21-28,33-40,43H2,(H,69,73). The maximum atomic E-state index is 14.3. The van der Waals surface area contributed by atoms with E-state index in [4.69, 9.17) is 37.9 Å². The van der Waals surface area contributed by atoms with E-state index in [-0.39, 0.29) is 41.1 Å². The molecule has 1 spiro atoms. The zero-order chi connectivity index (χ0) is 57.7. The Labute approximate surface area is 483 Å². The minimum Gasteiger partial charge on any atom is -0.494 e. The number of ether oxygens (including phenoxy) is 8. The van der Waals surface area contributed by atoms with Crippen molar-refractivity contribution in [3.8, 4) is 23.0 Å². The summed E-state index contributed by atoms with van der Waals surface area (Å²) in [5.41, 5.74) is 6.40. The normalized spacial score (nSPS) is 19.6. The number of Topliss-reactive ketones (excluding diaryl/α,β-unsaturated/α-hetero) is 1. The van der Waals surface area contributed by atoms with Gasteiger partial charge in [0.25, 0.3) is 0 Å². The van der Waals surface area contributed by atoms with Gasteiger partial charge in [0.05, 0.1) is 26.4 Å². The molecule has 6 aromatic rings. The number of anilines is 1. The Kier molecular flexibility index (Phi) is 18.8. The lowest BCUT2D eigenvalue weighted by molar-refractivity contribution is -0.138. The molecule has 6 aromatic carbocycles. The Balaban J connectivity index is 0.690. The van der Waals surface area contributed by atoms with Crippen LogP contribution in [0.2, 0.25) is 0 Å². The van der Waals surface area contributed by atoms with E-state index < -0.39 is 24.2 Å². The van der Waals surface area contributed by atoms with Crippen molar-refractivity contribution in [3.05, 3.63) is 162 Å². The molecule has 1 unspecified atom stereocenters. The maximum Gasteiger partial charge on any atom is 0.514 e. The number of benzene rings is 6. The summed E-state index contributed by atoms with van der Waals surface area (Å²) in [7, 11) is 0. The fraction of sp³-hybridized carbons (Fsp3) is 0.382. The van der Waals surface area contributed by atoms with Crippen molar-refractivity contribution < 1.29 is 66.7 Å². The molecular weight excluding hydrogens is 1050 g/mol. The van der Waals surface area contributed by atoms with Gasteiger partial charge in [0.1, 0.15) is 41.0 Å². The fourth-order valence-corrected chi connectivity index (χ4v) is 12.6. The van der Waals surface area contributed by atoms with E-state index in [1.807, 2.05) is 66.7 Å². The molecule has 15 heteroatoms. The quantitative estimate of drug-likeness (QED) is 0.0210. The number of carbonyl (C=O) groups is 6. The molecule has 83 heavy (non-hydrogen) atoms. The summed E-state index contributed by atoms with van der Waals surface area (Å²) in [4.78, 5) is 77.3. The van der Waals surface area contributed by atoms with Crippen LogP contribution in [-0.4, -0.2) is 74.6 Å². The summed E-state index contributed by atoms with van der Waals surface area (Å²) in [6.45, 7) is 8.30. The van der Waals surface area contributed by atoms with E-state index in [0.29, 0.717) is 133 Å². The molecule has 1 N–H and O–H groups in total. The van der Waals surface area contributed by atoms with Gasteiger partial charge < -0.3 is 43.2 Å². The third kappa shape index (κ3) is 14.1. The first-order valence-corrected chi connectivity index (χ1v) is 29.2. The average Bonchev–Trinajstić information content (AvgIpc) is 4.31. The number of carbonyl (C=O) groups excluding carboxylic acids is 6. The van der Waals surface area contributed by atoms with Gasteiger partial charge in [0.15, 0.2) is 0 Å². The highest BCUT2D eigenvalue weighted by atomic mass is 16.7. The van der Waals surface area contributed by atoms with Crippen LogP contribution < -0.4 is 24.3 Å². The molecule has 2 saturated carbocycles. The lowest BCUT2D eigenvalue weighted by Gasteiger charge is -2.32. The Morgan fingerprint density at radius 3 is 1.54 bits per heavy atom. The number of unbranched alkanes of at least 4 members (excludes halogenated alkanes) is 2. The predicted octanol–water partition coefficient (Wildman–Crippen LogP) is 13.5. The number of fused-ring (bicyclic) bond motifs is 6. The van der Waals surface area contributed by atoms with Gasteiger partial charge in [-0.3, -0.25) is 9.59 Å². The summed E-state index contributed by atoms with van der Waals surface area (Å²) in [5.74, 6) is 0.925. The lowest BCUT2D eigenvalue weighted by Crippen LogP contribution is -2.32. The predicted molar refractivity (Wildman–Crippen MR) is 313 cm³/mol. The van der Waals surface area contributed by atoms with Crippen LogP contribution >= 0.6 is 0 Å². The van der Waals surface area contributed by atoms with Crippen LogP contribution in [0.1, 0.15) is 118 Å². The second kappa shape index (κ2) is 27.1. The van der Waals surface area contributed by atoms with Crippen LogP contribution in [-0.2, 0) is 62.8 Å². The molecule has 1 atom stereocenters. The number of amides is 1. The summed E-state index contributed by atoms with van der Waals surface area (Å²) in [5, 5.41) is 6.51. The van der Waals surface area contributed by atoms with Crippen LogP contribution in [0.3, 0.4) is 0 Å². The third-order valence-corrected chi connectivity index (χ3v) is 16.8. The largest absolute Gasteiger partial charge is 0.514 e. The molecule has 0 aromatic heterocycles. The minimum atomic E-state index is -0.791. The van der Waals surface area contributed by atoms with Gasteiger partial charge in [-0.15, -0.1) is 0 Å². The van der Waals surface area contributed by atoms with Crippen molar-refractivity contribution in [2.75, 3.05) is 31.7 Å². The van der Waals surface area contributed by atoms with E-state index >= 15 is 0 Å². The first-order chi connectivity index (χ1) is 40.5. The van der Waals surface area contributed by atoms with E-state index in [1.54, 1.807) is 18.2 Å². The van der Waals surface area contributed by atoms with Crippen LogP contribution in [0.25, 0.3) is 21.5 Å². The number of ketones is 1. The highest BCUT2D eigenvalue weighted by Crippen LogP contribution is 2.56. The van der Waals surface area contributed by atoms with Crippen molar-refractivity contribution in [2.45, 2.75) is 127 Å². The molecule has 0 aliphatic heterocycles. The smallest absolute Gasteiger partial charge is 0.494 e. The average molecular weight is 1130 g/mol. The monoisotopic (exact) mass is 1130 g/mol. The van der Waals surface area contributed by atoms with Gasteiger partial charge in [-0.05, 0) is 196 Å². The molecule has 4 aliphatic carbocycles. The summed E-state index contributed by atoms with van der Waals surface area (Å²) >= 11 is 0. The van der Waals surface area contributed by atoms with Gasteiger partial charge in [0, 0.05) is 52.3 Å². The second-order valence-corrected chi connectivity index (χ2v) is 22.0. The molecular formula is C68H71NO14.